The molecule has 2 N–H and O–H groups in total. The van der Waals surface area contributed by atoms with Gasteiger partial charge in [0.2, 0.25) is 5.91 Å². The minimum Gasteiger partial charge on any atom is -0.352 e. The number of amides is 1. The van der Waals surface area contributed by atoms with Gasteiger partial charge in [-0.3, -0.25) is 9.48 Å². The average molecular weight is 280 g/mol. The molecule has 0 spiro atoms. The van der Waals surface area contributed by atoms with Gasteiger partial charge in [0.05, 0.1) is 5.69 Å². The van der Waals surface area contributed by atoms with Crippen molar-refractivity contribution in [3.8, 4) is 0 Å². The highest BCUT2D eigenvalue weighted by Gasteiger charge is 2.15. The van der Waals surface area contributed by atoms with E-state index >= 15 is 0 Å². The first-order valence-corrected chi connectivity index (χ1v) is 7.39. The predicted octanol–water partition coefficient (Wildman–Crippen LogP) is 1.77. The van der Waals surface area contributed by atoms with Crippen molar-refractivity contribution in [3.05, 3.63) is 17.0 Å². The molecule has 0 saturated heterocycles. The van der Waals surface area contributed by atoms with Crippen molar-refractivity contribution in [2.45, 2.75) is 60.7 Å². The van der Waals surface area contributed by atoms with Gasteiger partial charge >= 0.3 is 0 Å². The smallest absolute Gasteiger partial charge is 0.241 e. The quantitative estimate of drug-likeness (QED) is 0.800. The number of aryl methyl sites for hydroxylation is 1. The van der Waals surface area contributed by atoms with Crippen LogP contribution in [-0.4, -0.2) is 28.3 Å². The average Bonchev–Trinajstić information content (AvgIpc) is 2.62. The lowest BCUT2D eigenvalue weighted by Gasteiger charge is -2.17. The number of rotatable bonds is 7. The summed E-state index contributed by atoms with van der Waals surface area (Å²) in [6, 6.07) is 0.181. The molecule has 1 amide bonds. The van der Waals surface area contributed by atoms with Crippen molar-refractivity contribution in [2.75, 3.05) is 6.54 Å². The Balaban J connectivity index is 2.71. The molecule has 0 aliphatic carbocycles. The van der Waals surface area contributed by atoms with E-state index < -0.39 is 0 Å². The summed E-state index contributed by atoms with van der Waals surface area (Å²) in [5.74, 6) is 0.454. The van der Waals surface area contributed by atoms with Crippen LogP contribution in [0.4, 0.5) is 0 Å². The van der Waals surface area contributed by atoms with Crippen LogP contribution in [0, 0.1) is 19.8 Å². The molecule has 1 unspecified atom stereocenters. The number of nitrogens with one attached hydrogen (secondary N) is 2. The minimum absolute atomic E-state index is 0.0202. The van der Waals surface area contributed by atoms with E-state index in [1.54, 1.807) is 4.68 Å². The van der Waals surface area contributed by atoms with Crippen LogP contribution in [0.25, 0.3) is 0 Å². The van der Waals surface area contributed by atoms with Crippen LogP contribution in [0.5, 0.6) is 0 Å². The van der Waals surface area contributed by atoms with Crippen molar-refractivity contribution < 1.29 is 4.79 Å². The Morgan fingerprint density at radius 2 is 1.95 bits per heavy atom. The highest BCUT2D eigenvalue weighted by atomic mass is 16.2. The fourth-order valence-electron chi connectivity index (χ4n) is 2.00. The lowest BCUT2D eigenvalue weighted by molar-refractivity contribution is -0.122. The molecule has 0 saturated carbocycles. The van der Waals surface area contributed by atoms with E-state index in [-0.39, 0.29) is 18.5 Å². The zero-order valence-electron chi connectivity index (χ0n) is 13.6. The lowest BCUT2D eigenvalue weighted by Crippen LogP contribution is -2.38. The van der Waals surface area contributed by atoms with Gasteiger partial charge in [0.15, 0.2) is 0 Å². The van der Waals surface area contributed by atoms with Gasteiger partial charge in [-0.05, 0) is 33.2 Å². The van der Waals surface area contributed by atoms with Gasteiger partial charge in [0.1, 0.15) is 6.54 Å². The molecule has 0 aliphatic heterocycles. The third-order valence-corrected chi connectivity index (χ3v) is 3.77. The molecule has 5 heteroatoms. The van der Waals surface area contributed by atoms with E-state index in [1.807, 2.05) is 20.8 Å². The molecule has 5 nitrogen and oxygen atoms in total. The highest BCUT2D eigenvalue weighted by molar-refractivity contribution is 5.76. The molecule has 0 aromatic carbocycles. The highest BCUT2D eigenvalue weighted by Crippen LogP contribution is 2.12. The maximum atomic E-state index is 12.0. The van der Waals surface area contributed by atoms with Gasteiger partial charge in [-0.2, -0.15) is 5.10 Å². The molecule has 1 aromatic rings. The van der Waals surface area contributed by atoms with Gasteiger partial charge in [0.25, 0.3) is 0 Å². The van der Waals surface area contributed by atoms with Gasteiger partial charge in [-0.15, -0.1) is 0 Å². The molecule has 1 heterocycles. The number of hydrogen-bond acceptors (Lipinski definition) is 3. The largest absolute Gasteiger partial charge is 0.352 e. The van der Waals surface area contributed by atoms with E-state index in [9.17, 15) is 4.79 Å². The number of carbonyl (C=O) groups is 1. The molecule has 1 aromatic heterocycles. The maximum Gasteiger partial charge on any atom is 0.241 e. The van der Waals surface area contributed by atoms with Crippen LogP contribution in [0.3, 0.4) is 0 Å². The van der Waals surface area contributed by atoms with Gasteiger partial charge in [0, 0.05) is 23.8 Å². The molecule has 1 atom stereocenters. The predicted molar refractivity (Wildman–Crippen MR) is 81.5 cm³/mol. The summed E-state index contributed by atoms with van der Waals surface area (Å²) < 4.78 is 1.80. The first-order valence-electron chi connectivity index (χ1n) is 7.39. The summed E-state index contributed by atoms with van der Waals surface area (Å²) in [5, 5.41) is 10.8. The van der Waals surface area contributed by atoms with E-state index in [2.05, 4.69) is 36.5 Å². The molecule has 114 valence electrons. The topological polar surface area (TPSA) is 59.0 Å². The van der Waals surface area contributed by atoms with Crippen LogP contribution < -0.4 is 10.6 Å². The SMILES string of the molecule is CCNCc1c(C)nn(CC(=O)NC(C)C(C)C)c1C. The summed E-state index contributed by atoms with van der Waals surface area (Å²) in [5.41, 5.74) is 3.25. The third-order valence-electron chi connectivity index (χ3n) is 3.77. The summed E-state index contributed by atoms with van der Waals surface area (Å²) in [7, 11) is 0. The van der Waals surface area contributed by atoms with Crippen molar-refractivity contribution in [1.82, 2.24) is 20.4 Å². The summed E-state index contributed by atoms with van der Waals surface area (Å²) in [4.78, 5) is 12.0. The summed E-state index contributed by atoms with van der Waals surface area (Å²) >= 11 is 0. The number of aromatic nitrogens is 2. The van der Waals surface area contributed by atoms with Gasteiger partial charge in [-0.1, -0.05) is 20.8 Å². The number of nitrogens with zero attached hydrogens (tertiary/aromatic N) is 2. The standard InChI is InChI=1S/C15H28N4O/c1-7-16-8-14-12(5)18-19(13(14)6)9-15(20)17-11(4)10(2)3/h10-11,16H,7-9H2,1-6H3,(H,17,20). The first kappa shape index (κ1) is 16.7. The number of carbonyl (C=O) groups excluding carboxylic acids is 1. The van der Waals surface area contributed by atoms with E-state index in [0.29, 0.717) is 5.92 Å². The second-order valence-corrected chi connectivity index (χ2v) is 5.69. The van der Waals surface area contributed by atoms with E-state index in [4.69, 9.17) is 0 Å². The fourth-order valence-corrected chi connectivity index (χ4v) is 2.00. The Morgan fingerprint density at radius 1 is 1.30 bits per heavy atom. The molecular formula is C15H28N4O. The van der Waals surface area contributed by atoms with Crippen molar-refractivity contribution in [1.29, 1.82) is 0 Å². The Morgan fingerprint density at radius 3 is 2.50 bits per heavy atom. The maximum absolute atomic E-state index is 12.0. The Kier molecular flexibility index (Phi) is 6.20. The van der Waals surface area contributed by atoms with E-state index in [1.165, 1.54) is 5.56 Å². The van der Waals surface area contributed by atoms with Crippen molar-refractivity contribution in [3.63, 3.8) is 0 Å². The van der Waals surface area contributed by atoms with Crippen LogP contribution in [0.1, 0.15) is 44.6 Å². The van der Waals surface area contributed by atoms with Crippen LogP contribution >= 0.6 is 0 Å². The van der Waals surface area contributed by atoms with Gasteiger partial charge in [-0.25, -0.2) is 0 Å². The van der Waals surface area contributed by atoms with Gasteiger partial charge < -0.3 is 10.6 Å². The summed E-state index contributed by atoms with van der Waals surface area (Å²) in [6.45, 7) is 14.3. The molecule has 0 bridgehead atoms. The Hall–Kier alpha value is -1.36. The monoisotopic (exact) mass is 280 g/mol. The number of hydrogen-bond donors (Lipinski definition) is 2. The normalized spacial score (nSPS) is 12.8. The van der Waals surface area contributed by atoms with Crippen LogP contribution in [-0.2, 0) is 17.9 Å². The second kappa shape index (κ2) is 7.43. The fraction of sp³-hybridized carbons (Fsp3) is 0.733. The molecule has 20 heavy (non-hydrogen) atoms. The molecule has 1 rings (SSSR count). The molecule has 0 aliphatic rings. The van der Waals surface area contributed by atoms with Crippen molar-refractivity contribution in [2.24, 2.45) is 5.92 Å². The Bertz CT molecular complexity index is 451. The summed E-state index contributed by atoms with van der Waals surface area (Å²) in [6.07, 6.45) is 0. The minimum atomic E-state index is 0.0202. The molecule has 0 fully saturated rings. The van der Waals surface area contributed by atoms with Crippen molar-refractivity contribution >= 4 is 5.91 Å². The zero-order chi connectivity index (χ0) is 15.3. The zero-order valence-corrected chi connectivity index (χ0v) is 13.6. The molecular weight excluding hydrogens is 252 g/mol. The van der Waals surface area contributed by atoms with Crippen LogP contribution in [0.2, 0.25) is 0 Å². The molecule has 0 radical (unpaired) electrons. The third kappa shape index (κ3) is 4.34. The second-order valence-electron chi connectivity index (χ2n) is 5.69. The Labute approximate surface area is 122 Å². The first-order chi connectivity index (χ1) is 9.36. The van der Waals surface area contributed by atoms with Crippen LogP contribution in [0.15, 0.2) is 0 Å². The lowest BCUT2D eigenvalue weighted by atomic mass is 10.1. The van der Waals surface area contributed by atoms with E-state index in [0.717, 1.165) is 24.5 Å².